The van der Waals surface area contributed by atoms with E-state index in [4.69, 9.17) is 28.1 Å². The molecule has 9 heteroatoms. The van der Waals surface area contributed by atoms with Crippen molar-refractivity contribution in [3.63, 3.8) is 0 Å². The molecule has 8 nitrogen and oxygen atoms in total. The van der Waals surface area contributed by atoms with Gasteiger partial charge in [0.2, 0.25) is 5.69 Å². The number of aryl methyl sites for hydroxylation is 3. The lowest BCUT2D eigenvalue weighted by Gasteiger charge is -2.17. The molecule has 0 aliphatic carbocycles. The van der Waals surface area contributed by atoms with Gasteiger partial charge in [0.15, 0.2) is 11.4 Å². The van der Waals surface area contributed by atoms with Crippen LogP contribution in [0.5, 0.6) is 5.75 Å². The van der Waals surface area contributed by atoms with Gasteiger partial charge in [-0.15, -0.1) is 10.2 Å². The third-order valence-electron chi connectivity index (χ3n) is 3.43. The molecule has 0 N–H and O–H groups in total. The van der Waals surface area contributed by atoms with E-state index in [9.17, 15) is 4.79 Å². The fourth-order valence-corrected chi connectivity index (χ4v) is 2.61. The predicted molar refractivity (Wildman–Crippen MR) is 80.1 cm³/mol. The first-order valence-electron chi connectivity index (χ1n) is 7.36. The number of nitrogens with zero attached hydrogens (tertiary/aromatic N) is 1. The molecule has 0 atom stereocenters. The molecule has 0 unspecified atom stereocenters. The summed E-state index contributed by atoms with van der Waals surface area (Å²) in [6.07, 6.45) is 0. The van der Waals surface area contributed by atoms with E-state index < -0.39 is 16.2 Å². The summed E-state index contributed by atoms with van der Waals surface area (Å²) in [5, 5.41) is 0. The monoisotopic (exact) mass is 385 g/mol. The Balaban J connectivity index is 0.000000597. The zero-order valence-corrected chi connectivity index (χ0v) is 15.8. The number of esters is 1. The van der Waals surface area contributed by atoms with Crippen molar-refractivity contribution in [3.8, 4) is 11.4 Å². The lowest BCUT2D eigenvalue weighted by atomic mass is 10.1. The van der Waals surface area contributed by atoms with Crippen LogP contribution < -0.4 is 27.9 Å². The normalized spacial score (nSPS) is 10.7. The topological polar surface area (TPSA) is 132 Å². The Hall–Kier alpha value is -2.23. The molecule has 0 aliphatic heterocycles. The van der Waals surface area contributed by atoms with Gasteiger partial charge >= 0.3 is 5.97 Å². The van der Waals surface area contributed by atoms with Gasteiger partial charge in [-0.05, 0) is 18.6 Å². The number of pyridine rings is 1. The molecule has 0 radical (unpaired) electrons. The number of hydrogen-bond acceptors (Lipinski definition) is 7. The fraction of sp³-hybridized carbons (Fsp3) is 0.294. The number of hydrogen-bond donors (Lipinski definition) is 0. The summed E-state index contributed by atoms with van der Waals surface area (Å²) in [5.41, 5.74) is 4.85. The van der Waals surface area contributed by atoms with Crippen molar-refractivity contribution in [2.24, 2.45) is 0 Å². The van der Waals surface area contributed by atoms with Gasteiger partial charge in [0.25, 0.3) is 0 Å². The van der Waals surface area contributed by atoms with Crippen LogP contribution in [0.25, 0.3) is 5.69 Å². The summed E-state index contributed by atoms with van der Waals surface area (Å²) in [5.74, 6) is 0.104. The van der Waals surface area contributed by atoms with Crippen molar-refractivity contribution < 1.29 is 47.7 Å². The Morgan fingerprint density at radius 1 is 0.962 bits per heavy atom. The molecule has 0 bridgehead atoms. The first-order valence-corrected chi connectivity index (χ1v) is 8.59. The van der Waals surface area contributed by atoms with E-state index in [1.54, 1.807) is 13.2 Å². The standard InChI is InChI=1S/C17H20NO3.ClHO4/c1-11-8-12(2)18(13(3)9-11)14-6-7-15(17(19)21-5)16(10-14)20-4;2-1(3,4)5/h6-10H,1-5H3;(H,2,3,4,5)/q+1;/p-1. The Labute approximate surface area is 153 Å². The van der Waals surface area contributed by atoms with Crippen LogP contribution in [0.4, 0.5) is 0 Å². The van der Waals surface area contributed by atoms with Gasteiger partial charge in [0, 0.05) is 32.0 Å². The molecule has 1 aromatic heterocycles. The van der Waals surface area contributed by atoms with Crippen molar-refractivity contribution in [3.05, 3.63) is 52.8 Å². The summed E-state index contributed by atoms with van der Waals surface area (Å²) >= 11 is 0. The quantitative estimate of drug-likeness (QED) is 0.438. The van der Waals surface area contributed by atoms with Gasteiger partial charge in [0.05, 0.1) is 20.3 Å². The van der Waals surface area contributed by atoms with Gasteiger partial charge in [-0.25, -0.2) is 23.4 Å². The molecule has 0 amide bonds. The molecule has 26 heavy (non-hydrogen) atoms. The summed E-state index contributed by atoms with van der Waals surface area (Å²) in [4.78, 5) is 11.7. The van der Waals surface area contributed by atoms with Crippen molar-refractivity contribution in [2.45, 2.75) is 20.8 Å². The number of benzene rings is 1. The van der Waals surface area contributed by atoms with Gasteiger partial charge in [-0.1, -0.05) is 0 Å². The van der Waals surface area contributed by atoms with Crippen molar-refractivity contribution in [2.75, 3.05) is 14.2 Å². The molecule has 142 valence electrons. The van der Waals surface area contributed by atoms with Gasteiger partial charge in [-0.2, -0.15) is 4.57 Å². The summed E-state index contributed by atoms with van der Waals surface area (Å²) in [7, 11) is -2.04. The summed E-state index contributed by atoms with van der Waals surface area (Å²) in [6.45, 7) is 6.19. The van der Waals surface area contributed by atoms with Crippen LogP contribution in [0.3, 0.4) is 0 Å². The third kappa shape index (κ3) is 6.25. The zero-order valence-electron chi connectivity index (χ0n) is 15.1. The Kier molecular flexibility index (Phi) is 7.49. The highest BCUT2D eigenvalue weighted by Gasteiger charge is 2.20. The molecular weight excluding hydrogens is 366 g/mol. The lowest BCUT2D eigenvalue weighted by Crippen LogP contribution is -2.68. The molecule has 2 rings (SSSR count). The highest BCUT2D eigenvalue weighted by atomic mass is 35.7. The second kappa shape index (κ2) is 8.93. The van der Waals surface area contributed by atoms with Gasteiger partial charge in [0.1, 0.15) is 11.3 Å². The third-order valence-corrected chi connectivity index (χ3v) is 3.43. The number of carbonyl (C=O) groups is 1. The average molecular weight is 386 g/mol. The Morgan fingerprint density at radius 2 is 1.46 bits per heavy atom. The van der Waals surface area contributed by atoms with E-state index in [0.29, 0.717) is 11.3 Å². The molecule has 1 heterocycles. The lowest BCUT2D eigenvalue weighted by molar-refractivity contribution is -2.00. The van der Waals surface area contributed by atoms with Crippen LogP contribution in [0.1, 0.15) is 27.3 Å². The summed E-state index contributed by atoms with van der Waals surface area (Å²) < 4.78 is 46.2. The van der Waals surface area contributed by atoms with E-state index in [-0.39, 0.29) is 0 Å². The fourth-order valence-electron chi connectivity index (χ4n) is 2.61. The van der Waals surface area contributed by atoms with Crippen LogP contribution in [-0.4, -0.2) is 20.2 Å². The molecule has 0 fully saturated rings. The maximum Gasteiger partial charge on any atom is 0.341 e. The van der Waals surface area contributed by atoms with Crippen molar-refractivity contribution in [1.29, 1.82) is 0 Å². The first kappa shape index (κ1) is 21.8. The highest BCUT2D eigenvalue weighted by Crippen LogP contribution is 2.22. The smallest absolute Gasteiger partial charge is 0.341 e. The van der Waals surface area contributed by atoms with Crippen LogP contribution in [0.2, 0.25) is 0 Å². The number of halogens is 1. The number of carbonyl (C=O) groups excluding carboxylic acids is 1. The minimum atomic E-state index is -4.94. The summed E-state index contributed by atoms with van der Waals surface area (Å²) in [6, 6.07) is 9.71. The minimum Gasteiger partial charge on any atom is -0.496 e. The molecule has 0 aliphatic rings. The number of ether oxygens (including phenoxy) is 2. The maximum atomic E-state index is 11.7. The second-order valence-electron chi connectivity index (χ2n) is 5.40. The molecule has 0 saturated carbocycles. The predicted octanol–water partition coefficient (Wildman–Crippen LogP) is -2.07. The molecule has 1 aromatic carbocycles. The largest absolute Gasteiger partial charge is 0.496 e. The van der Waals surface area contributed by atoms with E-state index in [2.05, 4.69) is 37.5 Å². The Morgan fingerprint density at radius 3 is 1.88 bits per heavy atom. The zero-order chi connectivity index (χ0) is 20.1. The number of methoxy groups -OCH3 is 2. The minimum absolute atomic E-state index is 0.402. The van der Waals surface area contributed by atoms with E-state index in [1.807, 2.05) is 12.1 Å². The average Bonchev–Trinajstić information content (AvgIpc) is 2.51. The SMILES string of the molecule is COC(=O)c1ccc(-[n+]2c(C)cc(C)cc2C)cc1OC.[O-][Cl+3]([O-])([O-])[O-]. The highest BCUT2D eigenvalue weighted by molar-refractivity contribution is 5.92. The van der Waals surface area contributed by atoms with Crippen LogP contribution in [-0.2, 0) is 4.74 Å². The molecule has 0 saturated heterocycles. The van der Waals surface area contributed by atoms with Crippen LogP contribution >= 0.6 is 0 Å². The Bertz CT molecular complexity index is 758. The van der Waals surface area contributed by atoms with Crippen LogP contribution in [0.15, 0.2) is 30.3 Å². The molecule has 0 spiro atoms. The van der Waals surface area contributed by atoms with E-state index in [1.165, 1.54) is 12.7 Å². The van der Waals surface area contributed by atoms with Crippen molar-refractivity contribution in [1.82, 2.24) is 0 Å². The van der Waals surface area contributed by atoms with Crippen LogP contribution in [0, 0.1) is 31.0 Å². The van der Waals surface area contributed by atoms with E-state index >= 15 is 0 Å². The molecule has 2 aromatic rings. The number of aromatic nitrogens is 1. The second-order valence-corrected chi connectivity index (χ2v) is 6.16. The maximum absolute atomic E-state index is 11.7. The van der Waals surface area contributed by atoms with Crippen molar-refractivity contribution >= 4 is 5.97 Å². The van der Waals surface area contributed by atoms with Gasteiger partial charge < -0.3 is 9.47 Å². The first-order chi connectivity index (χ1) is 12.0. The number of rotatable bonds is 3. The molecular formula is C17H20ClNO7. The van der Waals surface area contributed by atoms with Gasteiger partial charge in [-0.3, -0.25) is 0 Å². The van der Waals surface area contributed by atoms with E-state index in [0.717, 1.165) is 17.1 Å².